The Balaban J connectivity index is 1.09. The molecule has 0 aliphatic carbocycles. The Bertz CT molecular complexity index is 3380. The smallest absolute Gasteiger partial charge is 0.164 e. The lowest BCUT2D eigenvalue weighted by molar-refractivity contribution is 0.663. The van der Waals surface area contributed by atoms with Gasteiger partial charge in [-0.15, -0.1) is 0 Å². The third-order valence-electron chi connectivity index (χ3n) is 10.6. The minimum atomic E-state index is 0.575. The van der Waals surface area contributed by atoms with Gasteiger partial charge in [0.1, 0.15) is 22.3 Å². The molecule has 0 fully saturated rings. The highest BCUT2D eigenvalue weighted by Gasteiger charge is 2.16. The summed E-state index contributed by atoms with van der Waals surface area (Å²) in [6, 6.07) is 64.6. The van der Waals surface area contributed by atoms with Crippen LogP contribution in [0.3, 0.4) is 0 Å². The van der Waals surface area contributed by atoms with E-state index < -0.39 is 0 Å². The number of rotatable bonds is 4. The molecule has 0 saturated carbocycles. The van der Waals surface area contributed by atoms with E-state index in [1.807, 2.05) is 66.7 Å². The molecule has 8 aromatic carbocycles. The van der Waals surface area contributed by atoms with Crippen LogP contribution in [0.4, 0.5) is 0 Å². The van der Waals surface area contributed by atoms with Gasteiger partial charge in [-0.05, 0) is 75.1 Å². The van der Waals surface area contributed by atoms with Crippen LogP contribution in [0.5, 0.6) is 0 Å². The van der Waals surface area contributed by atoms with E-state index in [1.165, 1.54) is 10.8 Å². The second-order valence-electron chi connectivity index (χ2n) is 14.0. The maximum Gasteiger partial charge on any atom is 0.164 e. The molecule has 0 radical (unpaired) electrons. The van der Waals surface area contributed by atoms with E-state index >= 15 is 0 Å². The van der Waals surface area contributed by atoms with Gasteiger partial charge in [0.15, 0.2) is 17.5 Å². The number of aromatic nitrogens is 3. The highest BCUT2D eigenvalue weighted by atomic mass is 16.3. The van der Waals surface area contributed by atoms with Crippen LogP contribution >= 0.6 is 0 Å². The summed E-state index contributed by atoms with van der Waals surface area (Å²) in [6.45, 7) is 0. The normalized spacial score (nSPS) is 11.6. The van der Waals surface area contributed by atoms with Crippen molar-refractivity contribution in [3.05, 3.63) is 188 Å². The number of nitrogens with zero attached hydrogens (tertiary/aromatic N) is 3. The monoisotopic (exact) mass is 717 g/mol. The number of furan rings is 1. The van der Waals surface area contributed by atoms with Crippen LogP contribution in [-0.4, -0.2) is 15.0 Å². The third-order valence-corrected chi connectivity index (χ3v) is 10.6. The van der Waals surface area contributed by atoms with Gasteiger partial charge in [-0.25, -0.2) is 15.0 Å². The molecule has 56 heavy (non-hydrogen) atoms. The SMILES string of the molecule is c1ccc(-c2nc(-c3cccc(-c4ccc5c(c4)oc4ccccc4c4ccccc4c4ccccc54)c3)nc(-c3ccc4c(c3)oc3ccccc34)n2)cc1. The molecule has 3 aromatic heterocycles. The van der Waals surface area contributed by atoms with E-state index in [0.29, 0.717) is 17.5 Å². The summed E-state index contributed by atoms with van der Waals surface area (Å²) in [6.07, 6.45) is 0. The molecule has 11 rings (SSSR count). The van der Waals surface area contributed by atoms with Crippen LogP contribution in [0.2, 0.25) is 0 Å². The first-order valence-corrected chi connectivity index (χ1v) is 18.7. The van der Waals surface area contributed by atoms with E-state index in [-0.39, 0.29) is 0 Å². The third kappa shape index (κ3) is 5.45. The predicted molar refractivity (Wildman–Crippen MR) is 229 cm³/mol. The quantitative estimate of drug-likeness (QED) is 0.181. The first-order valence-electron chi connectivity index (χ1n) is 18.7. The summed E-state index contributed by atoms with van der Waals surface area (Å²) in [5.41, 5.74) is 7.93. The number of hydrogen-bond acceptors (Lipinski definition) is 5. The van der Waals surface area contributed by atoms with Crippen molar-refractivity contribution in [2.24, 2.45) is 0 Å². The summed E-state index contributed by atoms with van der Waals surface area (Å²) in [4.78, 5) is 15.1. The second-order valence-corrected chi connectivity index (χ2v) is 14.0. The van der Waals surface area contributed by atoms with Crippen molar-refractivity contribution in [3.63, 3.8) is 0 Å². The average Bonchev–Trinajstić information content (AvgIpc) is 3.66. The standard InChI is InChI=1S/C51H31N3O2/c1-2-13-32(14-3-1)49-52-50(54-51(53-49)36-26-28-44-42-22-9-11-24-46(42)56-48(44)31-36)35-16-12-15-33(29-35)34-25-27-43-40-20-7-5-18-38(40)37-17-4-6-19-39(37)41-21-8-10-23-45(41)55-47(43)30-34/h1-31H. The summed E-state index contributed by atoms with van der Waals surface area (Å²) in [5.74, 6) is 1.76. The number of benzene rings is 8. The fourth-order valence-corrected chi connectivity index (χ4v) is 7.86. The largest absolute Gasteiger partial charge is 0.456 e. The minimum absolute atomic E-state index is 0.575. The molecule has 0 aliphatic heterocycles. The fourth-order valence-electron chi connectivity index (χ4n) is 7.86. The van der Waals surface area contributed by atoms with E-state index in [4.69, 9.17) is 23.8 Å². The van der Waals surface area contributed by atoms with E-state index in [0.717, 1.165) is 82.5 Å². The number of fused-ring (bicyclic) bond motifs is 10. The van der Waals surface area contributed by atoms with E-state index in [1.54, 1.807) is 0 Å². The lowest BCUT2D eigenvalue weighted by atomic mass is 9.99. The van der Waals surface area contributed by atoms with Crippen LogP contribution in [-0.2, 0) is 0 Å². The highest BCUT2D eigenvalue weighted by molar-refractivity contribution is 6.18. The van der Waals surface area contributed by atoms with Crippen LogP contribution in [0, 0.1) is 0 Å². The first kappa shape index (κ1) is 31.9. The van der Waals surface area contributed by atoms with Crippen molar-refractivity contribution in [3.8, 4) is 45.3 Å². The Morgan fingerprint density at radius 3 is 1.20 bits per heavy atom. The maximum absolute atomic E-state index is 6.89. The van der Waals surface area contributed by atoms with Crippen molar-refractivity contribution in [1.29, 1.82) is 0 Å². The Morgan fingerprint density at radius 1 is 0.232 bits per heavy atom. The van der Waals surface area contributed by atoms with Crippen molar-refractivity contribution in [2.45, 2.75) is 0 Å². The molecule has 0 unspecified atom stereocenters. The van der Waals surface area contributed by atoms with E-state index in [9.17, 15) is 0 Å². The zero-order valence-electron chi connectivity index (χ0n) is 30.1. The summed E-state index contributed by atoms with van der Waals surface area (Å²) < 4.78 is 13.1. The molecular formula is C51H31N3O2. The summed E-state index contributed by atoms with van der Waals surface area (Å²) >= 11 is 0. The summed E-state index contributed by atoms with van der Waals surface area (Å²) in [7, 11) is 0. The maximum atomic E-state index is 6.89. The first-order chi connectivity index (χ1) is 27.7. The Kier molecular flexibility index (Phi) is 7.42. The van der Waals surface area contributed by atoms with Gasteiger partial charge < -0.3 is 8.83 Å². The molecule has 3 heterocycles. The van der Waals surface area contributed by atoms with Crippen molar-refractivity contribution in [2.75, 3.05) is 0 Å². The molecule has 262 valence electrons. The Morgan fingerprint density at radius 2 is 0.589 bits per heavy atom. The molecule has 0 amide bonds. The van der Waals surface area contributed by atoms with Crippen LogP contribution in [0.15, 0.2) is 197 Å². The average molecular weight is 718 g/mol. The molecule has 5 nitrogen and oxygen atoms in total. The number of para-hydroxylation sites is 2. The molecule has 0 atom stereocenters. The summed E-state index contributed by atoms with van der Waals surface area (Å²) in [5, 5.41) is 8.82. The number of hydrogen-bond donors (Lipinski definition) is 0. The van der Waals surface area contributed by atoms with Crippen molar-refractivity contribution >= 4 is 65.4 Å². The van der Waals surface area contributed by atoms with Gasteiger partial charge in [-0.1, -0.05) is 146 Å². The van der Waals surface area contributed by atoms with Gasteiger partial charge in [-0.3, -0.25) is 0 Å². The molecular weight excluding hydrogens is 687 g/mol. The Hall–Kier alpha value is -7.63. The van der Waals surface area contributed by atoms with Crippen LogP contribution in [0.25, 0.3) is 111 Å². The van der Waals surface area contributed by atoms with Gasteiger partial charge in [0.25, 0.3) is 0 Å². The fraction of sp³-hybridized carbons (Fsp3) is 0. The molecule has 0 spiro atoms. The topological polar surface area (TPSA) is 65.0 Å². The van der Waals surface area contributed by atoms with E-state index in [2.05, 4.69) is 121 Å². The van der Waals surface area contributed by atoms with Gasteiger partial charge >= 0.3 is 0 Å². The zero-order valence-corrected chi connectivity index (χ0v) is 30.1. The van der Waals surface area contributed by atoms with Crippen LogP contribution < -0.4 is 0 Å². The highest BCUT2D eigenvalue weighted by Crippen LogP contribution is 2.36. The van der Waals surface area contributed by atoms with Gasteiger partial charge in [-0.2, -0.15) is 0 Å². The van der Waals surface area contributed by atoms with Crippen molar-refractivity contribution < 1.29 is 8.83 Å². The molecule has 0 N–H and O–H groups in total. The second kappa shape index (κ2) is 13.0. The minimum Gasteiger partial charge on any atom is -0.456 e. The predicted octanol–water partition coefficient (Wildman–Crippen LogP) is 13.8. The van der Waals surface area contributed by atoms with Gasteiger partial charge in [0.05, 0.1) is 0 Å². The van der Waals surface area contributed by atoms with Gasteiger partial charge in [0, 0.05) is 38.2 Å². The molecule has 0 bridgehead atoms. The lowest BCUT2D eigenvalue weighted by Gasteiger charge is -2.10. The van der Waals surface area contributed by atoms with Crippen LogP contribution in [0.1, 0.15) is 0 Å². The Labute approximate surface area is 321 Å². The van der Waals surface area contributed by atoms with Gasteiger partial charge in [0.2, 0.25) is 0 Å². The molecule has 0 saturated heterocycles. The molecule has 0 aliphatic rings. The zero-order chi connectivity index (χ0) is 37.0. The lowest BCUT2D eigenvalue weighted by Crippen LogP contribution is -2.00. The van der Waals surface area contributed by atoms with Crippen molar-refractivity contribution in [1.82, 2.24) is 15.0 Å². The molecule has 5 heteroatoms. The molecule has 11 aromatic rings.